The molecule has 1 aliphatic heterocycles. The van der Waals surface area contributed by atoms with Gasteiger partial charge in [0.1, 0.15) is 5.54 Å². The molecule has 0 radical (unpaired) electrons. The van der Waals surface area contributed by atoms with Crippen LogP contribution in [0.2, 0.25) is 0 Å². The molecule has 1 fully saturated rings. The molecule has 0 aliphatic carbocycles. The maximum absolute atomic E-state index is 12.3. The molecule has 1 aliphatic rings. The van der Waals surface area contributed by atoms with Crippen LogP contribution in [0.1, 0.15) is 19.8 Å². The second kappa shape index (κ2) is 7.25. The molecule has 7 heteroatoms. The summed E-state index contributed by atoms with van der Waals surface area (Å²) < 4.78 is 36.8. The van der Waals surface area contributed by atoms with E-state index in [1.807, 2.05) is 6.92 Å². The molecule has 1 saturated heterocycles. The van der Waals surface area contributed by atoms with Gasteiger partial charge in [0.05, 0.1) is 12.6 Å². The number of nitriles is 1. The standard InChI is InChI=1S/C13H23F3N4/c1-12(10-17,18-2)4-3-5-19-6-8-20(9-7-19)11-13(14,15)16/h18H,3-9,11H2,1-2H3. The van der Waals surface area contributed by atoms with Crippen molar-refractivity contribution in [1.29, 1.82) is 5.26 Å². The van der Waals surface area contributed by atoms with Crippen molar-refractivity contribution >= 4 is 0 Å². The Balaban J connectivity index is 2.22. The number of halogens is 3. The van der Waals surface area contributed by atoms with Crippen LogP contribution in [0.5, 0.6) is 0 Å². The quantitative estimate of drug-likeness (QED) is 0.804. The highest BCUT2D eigenvalue weighted by atomic mass is 19.4. The Morgan fingerprint density at radius 1 is 1.15 bits per heavy atom. The minimum Gasteiger partial charge on any atom is -0.303 e. The summed E-state index contributed by atoms with van der Waals surface area (Å²) in [6, 6.07) is 2.24. The van der Waals surface area contributed by atoms with Crippen LogP contribution in [0, 0.1) is 11.3 Å². The van der Waals surface area contributed by atoms with E-state index in [4.69, 9.17) is 5.26 Å². The Labute approximate surface area is 118 Å². The zero-order chi connectivity index (χ0) is 15.2. The second-order valence-corrected chi connectivity index (χ2v) is 5.53. The van der Waals surface area contributed by atoms with Gasteiger partial charge in [0.15, 0.2) is 0 Å². The minimum atomic E-state index is -4.11. The molecule has 1 N–H and O–H groups in total. The average molecular weight is 292 g/mol. The first-order valence-corrected chi connectivity index (χ1v) is 6.90. The van der Waals surface area contributed by atoms with Gasteiger partial charge in [0.25, 0.3) is 0 Å². The smallest absolute Gasteiger partial charge is 0.303 e. The highest BCUT2D eigenvalue weighted by Gasteiger charge is 2.32. The van der Waals surface area contributed by atoms with Crippen molar-refractivity contribution in [2.24, 2.45) is 0 Å². The first-order chi connectivity index (χ1) is 9.28. The summed E-state index contributed by atoms with van der Waals surface area (Å²) in [6.07, 6.45) is -2.50. The third kappa shape index (κ3) is 6.07. The van der Waals surface area contributed by atoms with Crippen LogP contribution >= 0.6 is 0 Å². The lowest BCUT2D eigenvalue weighted by atomic mass is 9.98. The largest absolute Gasteiger partial charge is 0.401 e. The first-order valence-electron chi connectivity index (χ1n) is 6.90. The monoisotopic (exact) mass is 292 g/mol. The lowest BCUT2D eigenvalue weighted by molar-refractivity contribution is -0.149. The van der Waals surface area contributed by atoms with E-state index in [1.165, 1.54) is 4.90 Å². The first kappa shape index (κ1) is 17.2. The fourth-order valence-corrected chi connectivity index (χ4v) is 2.32. The molecule has 1 atom stereocenters. The fraction of sp³-hybridized carbons (Fsp3) is 0.923. The molecule has 0 bridgehead atoms. The van der Waals surface area contributed by atoms with Crippen LogP contribution in [0.25, 0.3) is 0 Å². The van der Waals surface area contributed by atoms with Crippen LogP contribution in [0.3, 0.4) is 0 Å². The van der Waals surface area contributed by atoms with Crippen molar-refractivity contribution in [3.8, 4) is 6.07 Å². The number of nitrogens with one attached hydrogen (secondary N) is 1. The molecule has 0 aromatic carbocycles. The Hall–Kier alpha value is -0.840. The minimum absolute atomic E-state index is 0.459. The molecule has 0 aromatic heterocycles. The van der Waals surface area contributed by atoms with Crippen molar-refractivity contribution in [3.05, 3.63) is 0 Å². The summed E-state index contributed by atoms with van der Waals surface area (Å²) in [4.78, 5) is 3.61. The molecule has 1 unspecified atom stereocenters. The van der Waals surface area contributed by atoms with E-state index in [0.29, 0.717) is 26.2 Å². The molecule has 0 aromatic rings. The second-order valence-electron chi connectivity index (χ2n) is 5.53. The lowest BCUT2D eigenvalue weighted by Gasteiger charge is -2.35. The maximum atomic E-state index is 12.3. The van der Waals surface area contributed by atoms with Gasteiger partial charge in [-0.1, -0.05) is 0 Å². The number of hydrogen-bond donors (Lipinski definition) is 1. The number of piperazine rings is 1. The Morgan fingerprint density at radius 3 is 2.15 bits per heavy atom. The van der Waals surface area contributed by atoms with Gasteiger partial charge < -0.3 is 10.2 Å². The van der Waals surface area contributed by atoms with Crippen molar-refractivity contribution in [2.45, 2.75) is 31.5 Å². The number of rotatable bonds is 6. The molecule has 1 heterocycles. The van der Waals surface area contributed by atoms with E-state index in [9.17, 15) is 13.2 Å². The van der Waals surface area contributed by atoms with Crippen LogP contribution in [-0.2, 0) is 0 Å². The zero-order valence-corrected chi connectivity index (χ0v) is 12.1. The van der Waals surface area contributed by atoms with Crippen molar-refractivity contribution in [3.63, 3.8) is 0 Å². The molecule has 1 rings (SSSR count). The van der Waals surface area contributed by atoms with Crippen molar-refractivity contribution < 1.29 is 13.2 Å². The normalized spacial score (nSPS) is 21.4. The molecule has 0 amide bonds. The third-order valence-corrected chi connectivity index (χ3v) is 3.82. The van der Waals surface area contributed by atoms with Gasteiger partial charge in [-0.25, -0.2) is 0 Å². The molecule has 4 nitrogen and oxygen atoms in total. The highest BCUT2D eigenvalue weighted by molar-refractivity contribution is 5.02. The van der Waals surface area contributed by atoms with Gasteiger partial charge in [0, 0.05) is 26.2 Å². The van der Waals surface area contributed by atoms with Crippen molar-refractivity contribution in [2.75, 3.05) is 46.3 Å². The maximum Gasteiger partial charge on any atom is 0.401 e. The molecular weight excluding hydrogens is 269 g/mol. The fourth-order valence-electron chi connectivity index (χ4n) is 2.32. The van der Waals surface area contributed by atoms with E-state index in [2.05, 4.69) is 16.3 Å². The van der Waals surface area contributed by atoms with Crippen molar-refractivity contribution in [1.82, 2.24) is 15.1 Å². The molecule has 116 valence electrons. The summed E-state index contributed by atoms with van der Waals surface area (Å²) in [5, 5.41) is 12.0. The Morgan fingerprint density at radius 2 is 1.70 bits per heavy atom. The van der Waals surface area contributed by atoms with Gasteiger partial charge >= 0.3 is 6.18 Å². The van der Waals surface area contributed by atoms with Crippen LogP contribution in [-0.4, -0.2) is 67.8 Å². The van der Waals surface area contributed by atoms with Crippen LogP contribution in [0.4, 0.5) is 13.2 Å². The summed E-state index contributed by atoms with van der Waals surface area (Å²) >= 11 is 0. The van der Waals surface area contributed by atoms with Gasteiger partial charge in [0.2, 0.25) is 0 Å². The molecule has 0 saturated carbocycles. The van der Waals surface area contributed by atoms with E-state index in [-0.39, 0.29) is 0 Å². The number of nitrogens with zero attached hydrogens (tertiary/aromatic N) is 3. The lowest BCUT2D eigenvalue weighted by Crippen LogP contribution is -2.49. The van der Waals surface area contributed by atoms with Gasteiger partial charge in [-0.05, 0) is 33.4 Å². The molecular formula is C13H23F3N4. The SMILES string of the molecule is CNC(C)(C#N)CCCN1CCN(CC(F)(F)F)CC1. The topological polar surface area (TPSA) is 42.3 Å². The summed E-state index contributed by atoms with van der Waals surface area (Å²) in [5.74, 6) is 0. The van der Waals surface area contributed by atoms with E-state index < -0.39 is 18.3 Å². The van der Waals surface area contributed by atoms with E-state index in [0.717, 1.165) is 19.4 Å². The van der Waals surface area contributed by atoms with Gasteiger partial charge in [-0.15, -0.1) is 0 Å². The summed E-state index contributed by atoms with van der Waals surface area (Å²) in [7, 11) is 1.76. The predicted octanol–water partition coefficient (Wildman–Crippen LogP) is 1.45. The summed E-state index contributed by atoms with van der Waals surface area (Å²) in [6.45, 7) is 4.13. The third-order valence-electron chi connectivity index (χ3n) is 3.82. The van der Waals surface area contributed by atoms with Crippen LogP contribution in [0.15, 0.2) is 0 Å². The predicted molar refractivity (Wildman–Crippen MR) is 71.2 cm³/mol. The highest BCUT2D eigenvalue weighted by Crippen LogP contribution is 2.18. The molecule has 20 heavy (non-hydrogen) atoms. The number of hydrogen-bond acceptors (Lipinski definition) is 4. The Bertz CT molecular complexity index is 331. The Kier molecular flexibility index (Phi) is 6.24. The zero-order valence-electron chi connectivity index (χ0n) is 12.1. The molecule has 0 spiro atoms. The van der Waals surface area contributed by atoms with E-state index in [1.54, 1.807) is 7.05 Å². The van der Waals surface area contributed by atoms with Gasteiger partial charge in [-0.2, -0.15) is 18.4 Å². The van der Waals surface area contributed by atoms with Gasteiger partial charge in [-0.3, -0.25) is 4.90 Å². The summed E-state index contributed by atoms with van der Waals surface area (Å²) in [5.41, 5.74) is -0.516. The number of alkyl halides is 3. The van der Waals surface area contributed by atoms with E-state index >= 15 is 0 Å². The van der Waals surface area contributed by atoms with Crippen LogP contribution < -0.4 is 5.32 Å². The average Bonchev–Trinajstić information content (AvgIpc) is 2.39.